The van der Waals surface area contributed by atoms with Crippen LogP contribution in [0.1, 0.15) is 0 Å². The number of aromatic amines is 1. The second-order valence-corrected chi connectivity index (χ2v) is 5.63. The first-order valence-corrected chi connectivity index (χ1v) is 6.78. The number of fused-ring (bicyclic) bond motifs is 4. The van der Waals surface area contributed by atoms with Crippen molar-refractivity contribution in [3.05, 3.63) is 46.0 Å². The Balaban J connectivity index is 2.26. The van der Waals surface area contributed by atoms with Crippen LogP contribution in [0.2, 0.25) is 5.02 Å². The first-order chi connectivity index (χ1) is 9.22. The van der Waals surface area contributed by atoms with Gasteiger partial charge in [-0.3, -0.25) is 4.79 Å². The minimum Gasteiger partial charge on any atom is -0.312 e. The number of nitrogens with zero attached hydrogens (tertiary/aromatic N) is 2. The summed E-state index contributed by atoms with van der Waals surface area (Å²) in [7, 11) is 0. The van der Waals surface area contributed by atoms with E-state index in [1.165, 1.54) is 17.7 Å². The maximum Gasteiger partial charge on any atom is 0.268 e. The van der Waals surface area contributed by atoms with Crippen LogP contribution >= 0.6 is 22.9 Å². The van der Waals surface area contributed by atoms with Gasteiger partial charge in [-0.2, -0.15) is 0 Å². The van der Waals surface area contributed by atoms with E-state index < -0.39 is 0 Å². The molecule has 4 rings (SSSR count). The minimum atomic E-state index is -0.130. The van der Waals surface area contributed by atoms with E-state index in [0.717, 1.165) is 21.1 Å². The Hall–Kier alpha value is -1.98. The van der Waals surface area contributed by atoms with Gasteiger partial charge in [0, 0.05) is 15.8 Å². The maximum absolute atomic E-state index is 11.8. The van der Waals surface area contributed by atoms with Crippen molar-refractivity contribution in [3.63, 3.8) is 0 Å². The molecule has 0 amide bonds. The third-order valence-electron chi connectivity index (χ3n) is 3.01. The molecule has 0 spiro atoms. The summed E-state index contributed by atoms with van der Waals surface area (Å²) in [6.07, 6.45) is 1.42. The van der Waals surface area contributed by atoms with Crippen LogP contribution in [0.5, 0.6) is 0 Å². The van der Waals surface area contributed by atoms with Crippen LogP contribution in [0.15, 0.2) is 35.4 Å². The third-order valence-corrected chi connectivity index (χ3v) is 4.33. The first-order valence-electron chi connectivity index (χ1n) is 5.58. The summed E-state index contributed by atoms with van der Waals surface area (Å²) >= 11 is 7.32. The molecular weight excluding hydrogens is 282 g/mol. The standard InChI is InChI=1S/C13H6ClN3OS/c14-7-2-1-6-3-8-10-11(12(18)16-5-15-10)19-13(8)17-9(6)4-7/h1-5H,(H,15,16,18). The lowest BCUT2D eigenvalue weighted by molar-refractivity contribution is 1.18. The summed E-state index contributed by atoms with van der Waals surface area (Å²) in [6.45, 7) is 0. The molecule has 0 bridgehead atoms. The van der Waals surface area contributed by atoms with Gasteiger partial charge >= 0.3 is 0 Å². The molecule has 0 atom stereocenters. The lowest BCUT2D eigenvalue weighted by Crippen LogP contribution is -2.03. The van der Waals surface area contributed by atoms with Crippen molar-refractivity contribution < 1.29 is 0 Å². The average Bonchev–Trinajstić information content (AvgIpc) is 2.75. The molecule has 4 aromatic rings. The molecule has 0 aliphatic heterocycles. The molecule has 0 radical (unpaired) electrons. The van der Waals surface area contributed by atoms with Crippen molar-refractivity contribution in [2.24, 2.45) is 0 Å². The highest BCUT2D eigenvalue weighted by Gasteiger charge is 2.11. The minimum absolute atomic E-state index is 0.130. The summed E-state index contributed by atoms with van der Waals surface area (Å²) in [4.78, 5) is 23.9. The molecule has 0 unspecified atom stereocenters. The fraction of sp³-hybridized carbons (Fsp3) is 0. The Labute approximate surface area is 115 Å². The smallest absolute Gasteiger partial charge is 0.268 e. The summed E-state index contributed by atoms with van der Waals surface area (Å²) in [6, 6.07) is 7.56. The SMILES string of the molecule is O=c1[nH]cnc2c1sc1nc3cc(Cl)ccc3cc12. The molecule has 3 aromatic heterocycles. The predicted molar refractivity (Wildman–Crippen MR) is 78.1 cm³/mol. The number of benzene rings is 1. The van der Waals surface area contributed by atoms with Crippen molar-refractivity contribution in [2.45, 2.75) is 0 Å². The molecule has 3 heterocycles. The van der Waals surface area contributed by atoms with Crippen LogP contribution in [0, 0.1) is 0 Å². The zero-order valence-corrected chi connectivity index (χ0v) is 11.0. The monoisotopic (exact) mass is 287 g/mol. The lowest BCUT2D eigenvalue weighted by Gasteiger charge is -1.98. The highest BCUT2D eigenvalue weighted by atomic mass is 35.5. The number of rotatable bonds is 0. The summed E-state index contributed by atoms with van der Waals surface area (Å²) in [5, 5.41) is 2.54. The van der Waals surface area contributed by atoms with Gasteiger partial charge in [-0.1, -0.05) is 17.7 Å². The molecule has 0 fully saturated rings. The lowest BCUT2D eigenvalue weighted by atomic mass is 10.2. The van der Waals surface area contributed by atoms with E-state index in [9.17, 15) is 4.79 Å². The van der Waals surface area contributed by atoms with Crippen molar-refractivity contribution in [3.8, 4) is 0 Å². The Morgan fingerprint density at radius 3 is 3.05 bits per heavy atom. The Bertz CT molecular complexity index is 1010. The van der Waals surface area contributed by atoms with Crippen molar-refractivity contribution in [1.29, 1.82) is 0 Å². The zero-order chi connectivity index (χ0) is 13.0. The van der Waals surface area contributed by atoms with Gasteiger partial charge in [0.1, 0.15) is 9.53 Å². The highest BCUT2D eigenvalue weighted by molar-refractivity contribution is 7.25. The van der Waals surface area contributed by atoms with E-state index in [1.807, 2.05) is 24.3 Å². The van der Waals surface area contributed by atoms with Crippen molar-refractivity contribution >= 4 is 54.3 Å². The number of pyridine rings is 1. The van der Waals surface area contributed by atoms with Gasteiger partial charge in [-0.15, -0.1) is 11.3 Å². The van der Waals surface area contributed by atoms with Crippen LogP contribution in [0.4, 0.5) is 0 Å². The van der Waals surface area contributed by atoms with Gasteiger partial charge in [0.05, 0.1) is 17.4 Å². The second-order valence-electron chi connectivity index (χ2n) is 4.19. The van der Waals surface area contributed by atoms with Gasteiger partial charge in [-0.25, -0.2) is 9.97 Å². The Kier molecular flexibility index (Phi) is 2.15. The molecule has 1 aromatic carbocycles. The van der Waals surface area contributed by atoms with Gasteiger partial charge in [0.2, 0.25) is 0 Å². The van der Waals surface area contributed by atoms with E-state index in [4.69, 9.17) is 11.6 Å². The van der Waals surface area contributed by atoms with E-state index in [0.29, 0.717) is 15.2 Å². The summed E-state index contributed by atoms with van der Waals surface area (Å²) < 4.78 is 0.603. The fourth-order valence-electron chi connectivity index (χ4n) is 2.14. The third kappa shape index (κ3) is 1.55. The van der Waals surface area contributed by atoms with E-state index >= 15 is 0 Å². The van der Waals surface area contributed by atoms with Gasteiger partial charge in [0.25, 0.3) is 5.56 Å². The number of nitrogens with one attached hydrogen (secondary N) is 1. The largest absolute Gasteiger partial charge is 0.312 e. The molecule has 1 N–H and O–H groups in total. The first kappa shape index (κ1) is 10.9. The van der Waals surface area contributed by atoms with Crippen LogP contribution in [0.3, 0.4) is 0 Å². The molecule has 0 aliphatic rings. The summed E-state index contributed by atoms with van der Waals surface area (Å²) in [5.41, 5.74) is 1.39. The normalized spacial score (nSPS) is 11.6. The van der Waals surface area contributed by atoms with Gasteiger partial charge in [-0.05, 0) is 18.2 Å². The van der Waals surface area contributed by atoms with Gasteiger partial charge in [0.15, 0.2) is 0 Å². The fourth-order valence-corrected chi connectivity index (χ4v) is 3.32. The van der Waals surface area contributed by atoms with Crippen molar-refractivity contribution in [2.75, 3.05) is 0 Å². The quantitative estimate of drug-likeness (QED) is 0.539. The zero-order valence-electron chi connectivity index (χ0n) is 9.48. The van der Waals surface area contributed by atoms with Crippen LogP contribution in [0.25, 0.3) is 31.3 Å². The molecule has 0 saturated carbocycles. The van der Waals surface area contributed by atoms with E-state index in [2.05, 4.69) is 15.0 Å². The summed E-state index contributed by atoms with van der Waals surface area (Å²) in [5.74, 6) is 0. The number of halogens is 1. The molecule has 4 nitrogen and oxygen atoms in total. The number of thiophene rings is 1. The second kappa shape index (κ2) is 3.76. The average molecular weight is 288 g/mol. The van der Waals surface area contributed by atoms with E-state index in [-0.39, 0.29) is 5.56 Å². The Morgan fingerprint density at radius 1 is 1.26 bits per heavy atom. The van der Waals surface area contributed by atoms with Crippen LogP contribution in [-0.2, 0) is 0 Å². The number of hydrogen-bond acceptors (Lipinski definition) is 4. The molecule has 0 saturated heterocycles. The maximum atomic E-state index is 11.8. The van der Waals surface area contributed by atoms with Crippen LogP contribution < -0.4 is 5.56 Å². The molecule has 92 valence electrons. The highest BCUT2D eigenvalue weighted by Crippen LogP contribution is 2.31. The molecular formula is C13H6ClN3OS. The molecule has 19 heavy (non-hydrogen) atoms. The number of aromatic nitrogens is 3. The van der Waals surface area contributed by atoms with Crippen molar-refractivity contribution in [1.82, 2.24) is 15.0 Å². The topological polar surface area (TPSA) is 58.6 Å². The van der Waals surface area contributed by atoms with Gasteiger partial charge < -0.3 is 4.98 Å². The van der Waals surface area contributed by atoms with E-state index in [1.54, 1.807) is 0 Å². The molecule has 6 heteroatoms. The predicted octanol–water partition coefficient (Wildman–Crippen LogP) is 3.34. The number of hydrogen-bond donors (Lipinski definition) is 1. The Morgan fingerprint density at radius 2 is 2.16 bits per heavy atom. The molecule has 0 aliphatic carbocycles. The number of H-pyrrole nitrogens is 1. The van der Waals surface area contributed by atoms with Crippen LogP contribution in [-0.4, -0.2) is 15.0 Å².